The molecule has 0 amide bonds. The second kappa shape index (κ2) is 7.59. The minimum atomic E-state index is -0.224. The summed E-state index contributed by atoms with van der Waals surface area (Å²) in [5, 5.41) is 14.6. The van der Waals surface area contributed by atoms with Crippen LogP contribution in [0, 0.1) is 3.57 Å². The first-order chi connectivity index (χ1) is 12.4. The minimum absolute atomic E-state index is 0.0899. The number of aromatic amines is 1. The first-order valence-electron chi connectivity index (χ1n) is 7.83. The molecule has 26 heavy (non-hydrogen) atoms. The molecule has 0 aliphatic heterocycles. The van der Waals surface area contributed by atoms with Gasteiger partial charge in [0.05, 0.1) is 26.4 Å². The molecule has 7 heteroatoms. The summed E-state index contributed by atoms with van der Waals surface area (Å²) in [6.45, 7) is 6.20. The van der Waals surface area contributed by atoms with E-state index in [1.165, 1.54) is 4.68 Å². The third-order valence-corrected chi connectivity index (χ3v) is 4.83. The number of aromatic nitrogens is 2. The van der Waals surface area contributed by atoms with E-state index in [9.17, 15) is 9.90 Å². The van der Waals surface area contributed by atoms with E-state index in [1.807, 2.05) is 29.5 Å². The van der Waals surface area contributed by atoms with E-state index >= 15 is 0 Å². The summed E-state index contributed by atoms with van der Waals surface area (Å²) in [7, 11) is 0. The van der Waals surface area contributed by atoms with Crippen LogP contribution in [0.4, 0.5) is 0 Å². The lowest BCUT2D eigenvalue weighted by molar-refractivity contribution is 0.317. The number of halogens is 2. The van der Waals surface area contributed by atoms with Crippen molar-refractivity contribution in [3.8, 4) is 17.2 Å². The van der Waals surface area contributed by atoms with Crippen LogP contribution in [0.5, 0.6) is 11.5 Å². The molecule has 2 aromatic carbocycles. The summed E-state index contributed by atoms with van der Waals surface area (Å²) in [5.74, 6) is 0.469. The van der Waals surface area contributed by atoms with E-state index in [4.69, 9.17) is 16.3 Å². The molecule has 5 nitrogen and oxygen atoms in total. The molecule has 0 aliphatic rings. The Balaban J connectivity index is 2.15. The van der Waals surface area contributed by atoms with Gasteiger partial charge in [0.2, 0.25) is 0 Å². The molecular formula is C19H16ClIN2O3. The lowest BCUT2D eigenvalue weighted by Gasteiger charge is -2.08. The number of ether oxygens (including phenoxy) is 1. The van der Waals surface area contributed by atoms with Gasteiger partial charge in [0.1, 0.15) is 0 Å². The molecule has 134 valence electrons. The summed E-state index contributed by atoms with van der Waals surface area (Å²) < 4.78 is 7.50. The highest BCUT2D eigenvalue weighted by Gasteiger charge is 2.10. The van der Waals surface area contributed by atoms with Crippen LogP contribution in [-0.2, 0) is 0 Å². The van der Waals surface area contributed by atoms with Gasteiger partial charge >= 0.3 is 0 Å². The van der Waals surface area contributed by atoms with Gasteiger partial charge in [-0.3, -0.25) is 9.89 Å². The van der Waals surface area contributed by atoms with Gasteiger partial charge in [0, 0.05) is 5.02 Å². The standard InChI is InChI=1S/C19H16ClIN2O3/c1-3-26-17-10-12(9-16(21)18(17)24)8-15-11(2)22-23(19(15)25)14-6-4-13(20)5-7-14/h4-10,22,24H,2-3H2,1H3/b15-8-. The minimum Gasteiger partial charge on any atom is -0.504 e. The molecule has 0 radical (unpaired) electrons. The maximum Gasteiger partial charge on any atom is 0.279 e. The summed E-state index contributed by atoms with van der Waals surface area (Å²) in [6.07, 6.45) is 1.72. The Morgan fingerprint density at radius 2 is 2.04 bits per heavy atom. The highest BCUT2D eigenvalue weighted by molar-refractivity contribution is 14.1. The summed E-state index contributed by atoms with van der Waals surface area (Å²) >= 11 is 7.93. The highest BCUT2D eigenvalue weighted by Crippen LogP contribution is 2.32. The lowest BCUT2D eigenvalue weighted by Crippen LogP contribution is -2.33. The number of nitrogens with zero attached hydrogens (tertiary/aromatic N) is 1. The molecule has 0 saturated carbocycles. The Morgan fingerprint density at radius 1 is 1.35 bits per heavy atom. The molecule has 1 heterocycles. The number of hydrogen-bond acceptors (Lipinski definition) is 3. The van der Waals surface area contributed by atoms with Gasteiger partial charge < -0.3 is 9.84 Å². The zero-order valence-electron chi connectivity index (χ0n) is 13.9. The zero-order valence-corrected chi connectivity index (χ0v) is 16.8. The smallest absolute Gasteiger partial charge is 0.279 e. The van der Waals surface area contributed by atoms with E-state index in [0.29, 0.717) is 37.2 Å². The van der Waals surface area contributed by atoms with Crippen molar-refractivity contribution in [2.24, 2.45) is 0 Å². The monoisotopic (exact) mass is 482 g/mol. The highest BCUT2D eigenvalue weighted by atomic mass is 127. The van der Waals surface area contributed by atoms with Crippen LogP contribution in [0.1, 0.15) is 12.5 Å². The Kier molecular flexibility index (Phi) is 5.43. The van der Waals surface area contributed by atoms with E-state index in [1.54, 1.807) is 42.5 Å². The third-order valence-electron chi connectivity index (χ3n) is 3.75. The fraction of sp³-hybridized carbons (Fsp3) is 0.105. The number of nitrogens with one attached hydrogen (secondary N) is 1. The van der Waals surface area contributed by atoms with Gasteiger partial charge in [0.25, 0.3) is 5.56 Å². The Bertz CT molecular complexity index is 1120. The van der Waals surface area contributed by atoms with E-state index in [0.717, 1.165) is 5.56 Å². The van der Waals surface area contributed by atoms with Crippen LogP contribution >= 0.6 is 34.2 Å². The second-order valence-electron chi connectivity index (χ2n) is 5.55. The Morgan fingerprint density at radius 3 is 2.69 bits per heavy atom. The third kappa shape index (κ3) is 3.66. The molecule has 0 atom stereocenters. The van der Waals surface area contributed by atoms with Gasteiger partial charge in [-0.15, -0.1) is 0 Å². The van der Waals surface area contributed by atoms with Gasteiger partial charge in [-0.1, -0.05) is 18.2 Å². The number of phenols is 1. The van der Waals surface area contributed by atoms with Crippen molar-refractivity contribution in [1.82, 2.24) is 9.78 Å². The Hall–Kier alpha value is -2.19. The molecule has 0 unspecified atom stereocenters. The van der Waals surface area contributed by atoms with Crippen molar-refractivity contribution in [3.63, 3.8) is 0 Å². The lowest BCUT2D eigenvalue weighted by atomic mass is 10.1. The fourth-order valence-corrected chi connectivity index (χ4v) is 3.28. The van der Waals surface area contributed by atoms with Crippen LogP contribution in [0.2, 0.25) is 5.02 Å². The van der Waals surface area contributed by atoms with Crippen molar-refractivity contribution in [1.29, 1.82) is 0 Å². The normalized spacial score (nSPS) is 11.7. The number of H-pyrrole nitrogens is 1. The maximum atomic E-state index is 12.8. The second-order valence-corrected chi connectivity index (χ2v) is 7.15. The molecule has 2 N–H and O–H groups in total. The quantitative estimate of drug-likeness (QED) is 0.562. The molecule has 0 aliphatic carbocycles. The first kappa shape index (κ1) is 18.6. The fourth-order valence-electron chi connectivity index (χ4n) is 2.53. The van der Waals surface area contributed by atoms with Crippen LogP contribution in [-0.4, -0.2) is 21.5 Å². The average molecular weight is 483 g/mol. The predicted molar refractivity (Wildman–Crippen MR) is 112 cm³/mol. The van der Waals surface area contributed by atoms with Crippen molar-refractivity contribution < 1.29 is 9.84 Å². The predicted octanol–water partition coefficient (Wildman–Crippen LogP) is 2.77. The summed E-state index contributed by atoms with van der Waals surface area (Å²) in [4.78, 5) is 12.8. The number of rotatable bonds is 4. The van der Waals surface area contributed by atoms with Crippen molar-refractivity contribution >= 4 is 46.8 Å². The van der Waals surface area contributed by atoms with Gasteiger partial charge in [-0.25, -0.2) is 4.68 Å². The molecule has 0 fully saturated rings. The molecule has 0 bridgehead atoms. The first-order valence-corrected chi connectivity index (χ1v) is 9.29. The van der Waals surface area contributed by atoms with Crippen LogP contribution in [0.15, 0.2) is 41.2 Å². The molecule has 0 saturated heterocycles. The molecule has 1 aromatic heterocycles. The summed E-state index contributed by atoms with van der Waals surface area (Å²) in [6, 6.07) is 10.4. The molecule has 3 rings (SSSR count). The maximum absolute atomic E-state index is 12.8. The average Bonchev–Trinajstić information content (AvgIpc) is 2.88. The molecule has 0 spiro atoms. The summed E-state index contributed by atoms with van der Waals surface area (Å²) in [5.41, 5.74) is 1.18. The number of phenolic OH excluding ortho intramolecular Hbond substituents is 1. The van der Waals surface area contributed by atoms with E-state index in [2.05, 4.69) is 11.7 Å². The zero-order chi connectivity index (χ0) is 18.8. The van der Waals surface area contributed by atoms with Crippen LogP contribution < -0.4 is 20.9 Å². The topological polar surface area (TPSA) is 67.2 Å². The SMILES string of the molecule is C=c1[nH]n(-c2ccc(Cl)cc2)c(=O)/c1=C\c1cc(I)c(O)c(OCC)c1. The van der Waals surface area contributed by atoms with Crippen LogP contribution in [0.25, 0.3) is 18.3 Å². The number of aromatic hydroxyl groups is 1. The van der Waals surface area contributed by atoms with Gasteiger partial charge in [0.15, 0.2) is 11.5 Å². The Labute approximate surface area is 168 Å². The van der Waals surface area contributed by atoms with Crippen molar-refractivity contribution in [2.45, 2.75) is 6.92 Å². The number of hydrogen-bond donors (Lipinski definition) is 2. The van der Waals surface area contributed by atoms with Crippen LogP contribution in [0.3, 0.4) is 0 Å². The number of benzene rings is 2. The molecular weight excluding hydrogens is 467 g/mol. The van der Waals surface area contributed by atoms with Crippen molar-refractivity contribution in [2.75, 3.05) is 6.61 Å². The van der Waals surface area contributed by atoms with Gasteiger partial charge in [-0.05, 0) is 77.6 Å². The van der Waals surface area contributed by atoms with Crippen molar-refractivity contribution in [3.05, 3.63) is 71.5 Å². The van der Waals surface area contributed by atoms with E-state index < -0.39 is 0 Å². The largest absolute Gasteiger partial charge is 0.504 e. The van der Waals surface area contributed by atoms with Gasteiger partial charge in [-0.2, -0.15) is 0 Å². The van der Waals surface area contributed by atoms with E-state index in [-0.39, 0.29) is 11.3 Å². The molecule has 3 aromatic rings.